The fourth-order valence-corrected chi connectivity index (χ4v) is 4.11. The van der Waals surface area contributed by atoms with Crippen LogP contribution in [0.3, 0.4) is 0 Å². The number of aromatic nitrogens is 3. The predicted octanol–water partition coefficient (Wildman–Crippen LogP) is 2.42. The second-order valence-corrected chi connectivity index (χ2v) is 7.30. The van der Waals surface area contributed by atoms with Gasteiger partial charge in [-0.1, -0.05) is 6.07 Å². The molecule has 0 aliphatic carbocycles. The molecule has 2 aromatic rings. The van der Waals surface area contributed by atoms with E-state index in [1.165, 1.54) is 12.4 Å². The van der Waals surface area contributed by atoms with Gasteiger partial charge in [-0.05, 0) is 31.4 Å². The molecule has 4 heterocycles. The number of pyridine rings is 1. The summed E-state index contributed by atoms with van der Waals surface area (Å²) in [5.41, 5.74) is 0.950. The second kappa shape index (κ2) is 6.97. The van der Waals surface area contributed by atoms with Gasteiger partial charge in [0, 0.05) is 37.7 Å². The summed E-state index contributed by atoms with van der Waals surface area (Å²) < 4.78 is 13.1. The van der Waals surface area contributed by atoms with Crippen LogP contribution in [0.4, 0.5) is 10.3 Å². The highest BCUT2D eigenvalue weighted by Gasteiger charge is 2.42. The molecule has 2 fully saturated rings. The smallest absolute Gasteiger partial charge is 0.225 e. The van der Waals surface area contributed by atoms with Crippen LogP contribution >= 0.6 is 0 Å². The third-order valence-electron chi connectivity index (χ3n) is 5.38. The number of carbonyl (C=O) groups excluding carboxylic acids is 1. The van der Waals surface area contributed by atoms with E-state index in [0.717, 1.165) is 44.6 Å². The SMILES string of the molecule is O=C1CC[C@@]2(CCCN(c3ncc(F)cn3)C2)CN1Cc1ccccn1. The van der Waals surface area contributed by atoms with Crippen LogP contribution < -0.4 is 4.90 Å². The number of piperidine rings is 2. The first-order valence-electron chi connectivity index (χ1n) is 9.04. The highest BCUT2D eigenvalue weighted by Crippen LogP contribution is 2.39. The molecule has 0 radical (unpaired) electrons. The minimum Gasteiger partial charge on any atom is -0.340 e. The van der Waals surface area contributed by atoms with Gasteiger partial charge in [0.05, 0.1) is 24.6 Å². The summed E-state index contributed by atoms with van der Waals surface area (Å²) in [5, 5.41) is 0. The lowest BCUT2D eigenvalue weighted by Crippen LogP contribution is -2.54. The first kappa shape index (κ1) is 16.9. The summed E-state index contributed by atoms with van der Waals surface area (Å²) in [7, 11) is 0. The Bertz CT molecular complexity index is 769. The molecule has 6 nitrogen and oxygen atoms in total. The lowest BCUT2D eigenvalue weighted by Gasteiger charge is -2.48. The molecule has 0 saturated carbocycles. The third-order valence-corrected chi connectivity index (χ3v) is 5.38. The van der Waals surface area contributed by atoms with Gasteiger partial charge < -0.3 is 9.80 Å². The van der Waals surface area contributed by atoms with Gasteiger partial charge in [-0.25, -0.2) is 14.4 Å². The Morgan fingerprint density at radius 2 is 1.96 bits per heavy atom. The Morgan fingerprint density at radius 3 is 2.73 bits per heavy atom. The molecule has 0 N–H and O–H groups in total. The Labute approximate surface area is 152 Å². The van der Waals surface area contributed by atoms with E-state index in [4.69, 9.17) is 0 Å². The Kier molecular flexibility index (Phi) is 4.53. The van der Waals surface area contributed by atoms with E-state index in [1.54, 1.807) is 6.20 Å². The van der Waals surface area contributed by atoms with E-state index in [1.807, 2.05) is 23.1 Å². The van der Waals surface area contributed by atoms with Crippen LogP contribution in [-0.2, 0) is 11.3 Å². The van der Waals surface area contributed by atoms with E-state index in [0.29, 0.717) is 18.9 Å². The largest absolute Gasteiger partial charge is 0.340 e. The van der Waals surface area contributed by atoms with Gasteiger partial charge in [0.25, 0.3) is 0 Å². The molecule has 2 aromatic heterocycles. The fraction of sp³-hybridized carbons (Fsp3) is 0.474. The summed E-state index contributed by atoms with van der Waals surface area (Å²) in [6.45, 7) is 2.93. The maximum Gasteiger partial charge on any atom is 0.225 e. The molecule has 1 spiro atoms. The lowest BCUT2D eigenvalue weighted by molar-refractivity contribution is -0.138. The van der Waals surface area contributed by atoms with Gasteiger partial charge in [0.2, 0.25) is 11.9 Å². The lowest BCUT2D eigenvalue weighted by atomic mass is 9.73. The zero-order valence-corrected chi connectivity index (χ0v) is 14.6. The Morgan fingerprint density at radius 1 is 1.12 bits per heavy atom. The fourth-order valence-electron chi connectivity index (χ4n) is 4.11. The zero-order chi connectivity index (χ0) is 18.0. The van der Waals surface area contributed by atoms with Crippen LogP contribution in [0.1, 0.15) is 31.4 Å². The van der Waals surface area contributed by atoms with Crippen molar-refractivity contribution < 1.29 is 9.18 Å². The van der Waals surface area contributed by atoms with Gasteiger partial charge in [-0.2, -0.15) is 0 Å². The second-order valence-electron chi connectivity index (χ2n) is 7.30. The number of nitrogens with zero attached hydrogens (tertiary/aromatic N) is 5. The highest BCUT2D eigenvalue weighted by atomic mass is 19.1. The monoisotopic (exact) mass is 355 g/mol. The normalized spacial score (nSPS) is 23.5. The molecule has 0 unspecified atom stereocenters. The average molecular weight is 355 g/mol. The molecule has 26 heavy (non-hydrogen) atoms. The summed E-state index contributed by atoms with van der Waals surface area (Å²) in [6, 6.07) is 5.78. The molecule has 2 saturated heterocycles. The van der Waals surface area contributed by atoms with E-state index < -0.39 is 5.82 Å². The number of carbonyl (C=O) groups is 1. The van der Waals surface area contributed by atoms with Gasteiger partial charge in [-0.15, -0.1) is 0 Å². The molecule has 136 valence electrons. The van der Waals surface area contributed by atoms with Gasteiger partial charge in [0.15, 0.2) is 5.82 Å². The number of rotatable bonds is 3. The van der Waals surface area contributed by atoms with Crippen molar-refractivity contribution in [3.8, 4) is 0 Å². The van der Waals surface area contributed by atoms with Crippen LogP contribution in [0.5, 0.6) is 0 Å². The molecule has 2 aliphatic heterocycles. The van der Waals surface area contributed by atoms with Crippen molar-refractivity contribution in [2.75, 3.05) is 24.5 Å². The number of anilines is 1. The zero-order valence-electron chi connectivity index (χ0n) is 14.6. The standard InChI is InChI=1S/C19H22FN5O/c20-15-10-22-18(23-11-15)24-9-3-6-19(13-24)7-5-17(26)25(14-19)12-16-4-1-2-8-21-16/h1-2,4,8,10-11H,3,5-7,9,12-14H2/t19-/m1/s1. The van der Waals surface area contributed by atoms with Crippen LogP contribution in [0, 0.1) is 11.2 Å². The van der Waals surface area contributed by atoms with Crippen molar-refractivity contribution in [3.63, 3.8) is 0 Å². The summed E-state index contributed by atoms with van der Waals surface area (Å²) in [5.74, 6) is 0.334. The van der Waals surface area contributed by atoms with E-state index >= 15 is 0 Å². The molecule has 0 aromatic carbocycles. The molecular weight excluding hydrogens is 333 g/mol. The number of amides is 1. The first-order valence-corrected chi connectivity index (χ1v) is 9.04. The first-order chi connectivity index (χ1) is 12.6. The predicted molar refractivity (Wildman–Crippen MR) is 94.8 cm³/mol. The van der Waals surface area contributed by atoms with Crippen LogP contribution in [0.15, 0.2) is 36.8 Å². The molecule has 1 amide bonds. The number of hydrogen-bond acceptors (Lipinski definition) is 5. The molecule has 4 rings (SSSR count). The molecule has 7 heteroatoms. The van der Waals surface area contributed by atoms with Gasteiger partial charge in [-0.3, -0.25) is 9.78 Å². The summed E-state index contributed by atoms with van der Waals surface area (Å²) in [4.78, 5) is 29.1. The van der Waals surface area contributed by atoms with Gasteiger partial charge >= 0.3 is 0 Å². The maximum atomic E-state index is 13.1. The number of halogens is 1. The Hall–Kier alpha value is -2.57. The van der Waals surface area contributed by atoms with Crippen molar-refractivity contribution in [2.24, 2.45) is 5.41 Å². The molecule has 1 atom stereocenters. The molecule has 0 bridgehead atoms. The van der Waals surface area contributed by atoms with Gasteiger partial charge in [0.1, 0.15) is 0 Å². The highest BCUT2D eigenvalue weighted by molar-refractivity contribution is 5.77. The van der Waals surface area contributed by atoms with Crippen molar-refractivity contribution in [3.05, 3.63) is 48.3 Å². The van der Waals surface area contributed by atoms with E-state index in [9.17, 15) is 9.18 Å². The van der Waals surface area contributed by atoms with Crippen LogP contribution in [0.25, 0.3) is 0 Å². The summed E-state index contributed by atoms with van der Waals surface area (Å²) in [6.07, 6.45) is 7.72. The summed E-state index contributed by atoms with van der Waals surface area (Å²) >= 11 is 0. The minimum atomic E-state index is -0.426. The topological polar surface area (TPSA) is 62.2 Å². The molecule has 2 aliphatic rings. The van der Waals surface area contributed by atoms with Crippen molar-refractivity contribution in [1.29, 1.82) is 0 Å². The Balaban J connectivity index is 1.49. The van der Waals surface area contributed by atoms with Crippen molar-refractivity contribution in [2.45, 2.75) is 32.2 Å². The maximum absolute atomic E-state index is 13.1. The quantitative estimate of drug-likeness (QED) is 0.846. The number of hydrogen-bond donors (Lipinski definition) is 0. The van der Waals surface area contributed by atoms with Crippen LogP contribution in [0.2, 0.25) is 0 Å². The van der Waals surface area contributed by atoms with E-state index in [2.05, 4.69) is 19.9 Å². The third kappa shape index (κ3) is 3.52. The minimum absolute atomic E-state index is 0.0404. The van der Waals surface area contributed by atoms with Crippen LogP contribution in [-0.4, -0.2) is 45.4 Å². The molecular formula is C19H22FN5O. The number of likely N-dealkylation sites (tertiary alicyclic amines) is 1. The average Bonchev–Trinajstić information content (AvgIpc) is 2.67. The van der Waals surface area contributed by atoms with E-state index in [-0.39, 0.29) is 11.3 Å². The van der Waals surface area contributed by atoms with Crippen molar-refractivity contribution >= 4 is 11.9 Å². The van der Waals surface area contributed by atoms with Crippen molar-refractivity contribution in [1.82, 2.24) is 19.9 Å².